The third kappa shape index (κ3) is 1.50. The molecular formula is C11H13N3O2. The number of ether oxygens (including phenoxy) is 1. The van der Waals surface area contributed by atoms with Crippen LogP contribution in [0.4, 0.5) is 0 Å². The van der Waals surface area contributed by atoms with Crippen LogP contribution in [0, 0.1) is 0 Å². The Morgan fingerprint density at radius 2 is 2.00 bits per heavy atom. The molecule has 1 aliphatic rings. The van der Waals surface area contributed by atoms with Crippen LogP contribution < -0.4 is 15.8 Å². The molecule has 1 heterocycles. The summed E-state index contributed by atoms with van der Waals surface area (Å²) in [6.45, 7) is 1.73. The number of nitrogens with zero attached hydrogens (tertiary/aromatic N) is 1. The molecule has 0 spiro atoms. The molecule has 3 N–H and O–H groups in total. The minimum absolute atomic E-state index is 0.156. The van der Waals surface area contributed by atoms with Crippen molar-refractivity contribution < 1.29 is 9.53 Å². The Bertz CT molecular complexity index is 453. The first-order chi connectivity index (χ1) is 7.56. The Hall–Kier alpha value is -2.04. The minimum atomic E-state index is -0.934. The summed E-state index contributed by atoms with van der Waals surface area (Å²) in [5.41, 5.74) is 5.34. The highest BCUT2D eigenvalue weighted by molar-refractivity contribution is 6.06. The van der Waals surface area contributed by atoms with Crippen LogP contribution in [-0.4, -0.2) is 19.0 Å². The molecule has 0 radical (unpaired) electrons. The van der Waals surface area contributed by atoms with E-state index in [1.54, 1.807) is 38.3 Å². The summed E-state index contributed by atoms with van der Waals surface area (Å²) in [6.07, 6.45) is 0. The van der Waals surface area contributed by atoms with Crippen molar-refractivity contribution >= 4 is 11.9 Å². The van der Waals surface area contributed by atoms with Crippen LogP contribution >= 0.6 is 0 Å². The number of hydrogen-bond donors (Lipinski definition) is 2. The van der Waals surface area contributed by atoms with Crippen molar-refractivity contribution in [2.45, 2.75) is 12.5 Å². The molecule has 0 saturated heterocycles. The van der Waals surface area contributed by atoms with E-state index < -0.39 is 5.54 Å². The molecule has 0 aliphatic carbocycles. The molecule has 2 rings (SSSR count). The van der Waals surface area contributed by atoms with Gasteiger partial charge in [0.25, 0.3) is 5.91 Å². The van der Waals surface area contributed by atoms with Crippen LogP contribution in [0.2, 0.25) is 0 Å². The van der Waals surface area contributed by atoms with E-state index in [2.05, 4.69) is 10.3 Å². The summed E-state index contributed by atoms with van der Waals surface area (Å²) in [5, 5.41) is 2.49. The van der Waals surface area contributed by atoms with E-state index >= 15 is 0 Å². The number of benzene rings is 1. The molecule has 1 aliphatic heterocycles. The molecule has 1 amide bonds. The number of nitrogens with one attached hydrogen (secondary N) is 1. The van der Waals surface area contributed by atoms with Gasteiger partial charge in [-0.25, -0.2) is 4.99 Å². The number of amides is 1. The maximum atomic E-state index is 11.7. The van der Waals surface area contributed by atoms with Crippen LogP contribution in [0.1, 0.15) is 12.5 Å². The Morgan fingerprint density at radius 3 is 2.44 bits per heavy atom. The van der Waals surface area contributed by atoms with Gasteiger partial charge in [-0.2, -0.15) is 0 Å². The van der Waals surface area contributed by atoms with Crippen molar-refractivity contribution in [3.63, 3.8) is 0 Å². The van der Waals surface area contributed by atoms with Crippen molar-refractivity contribution in [1.29, 1.82) is 0 Å². The van der Waals surface area contributed by atoms with Gasteiger partial charge in [-0.3, -0.25) is 10.1 Å². The summed E-state index contributed by atoms with van der Waals surface area (Å²) in [4.78, 5) is 15.8. The summed E-state index contributed by atoms with van der Waals surface area (Å²) >= 11 is 0. The molecule has 5 nitrogen and oxygen atoms in total. The normalized spacial score (nSPS) is 23.9. The Kier molecular flexibility index (Phi) is 2.30. The van der Waals surface area contributed by atoms with Gasteiger partial charge in [0.05, 0.1) is 7.11 Å². The highest BCUT2D eigenvalue weighted by atomic mass is 16.5. The monoisotopic (exact) mass is 219 g/mol. The van der Waals surface area contributed by atoms with Crippen molar-refractivity contribution in [3.8, 4) is 5.75 Å². The van der Waals surface area contributed by atoms with E-state index in [0.29, 0.717) is 0 Å². The standard InChI is InChI=1S/C11H13N3O2/c1-11(9(15)13-10(12)14-11)7-3-5-8(16-2)6-4-7/h3-6H,1-2H3,(H3,12,13,14,15). The van der Waals surface area contributed by atoms with Gasteiger partial charge in [0.1, 0.15) is 5.75 Å². The second kappa shape index (κ2) is 3.52. The van der Waals surface area contributed by atoms with Crippen LogP contribution in [-0.2, 0) is 10.3 Å². The lowest BCUT2D eigenvalue weighted by Crippen LogP contribution is -2.37. The van der Waals surface area contributed by atoms with E-state index in [-0.39, 0.29) is 11.9 Å². The average Bonchev–Trinajstić information content (AvgIpc) is 2.54. The lowest BCUT2D eigenvalue weighted by Gasteiger charge is -2.18. The smallest absolute Gasteiger partial charge is 0.259 e. The average molecular weight is 219 g/mol. The topological polar surface area (TPSA) is 76.7 Å². The van der Waals surface area contributed by atoms with Crippen molar-refractivity contribution in [3.05, 3.63) is 29.8 Å². The second-order valence-corrected chi connectivity index (χ2v) is 3.75. The van der Waals surface area contributed by atoms with Gasteiger partial charge in [0, 0.05) is 0 Å². The molecule has 0 fully saturated rings. The number of carbonyl (C=O) groups is 1. The zero-order chi connectivity index (χ0) is 11.8. The van der Waals surface area contributed by atoms with Crippen LogP contribution in [0.5, 0.6) is 5.75 Å². The van der Waals surface area contributed by atoms with Crippen LogP contribution in [0.15, 0.2) is 29.3 Å². The molecule has 1 unspecified atom stereocenters. The fraction of sp³-hybridized carbons (Fsp3) is 0.273. The molecule has 16 heavy (non-hydrogen) atoms. The number of aliphatic imine (C=N–C) groups is 1. The van der Waals surface area contributed by atoms with E-state index in [4.69, 9.17) is 10.5 Å². The van der Waals surface area contributed by atoms with E-state index in [0.717, 1.165) is 11.3 Å². The van der Waals surface area contributed by atoms with Gasteiger partial charge < -0.3 is 10.5 Å². The number of guanidine groups is 1. The second-order valence-electron chi connectivity index (χ2n) is 3.75. The number of carbonyl (C=O) groups excluding carboxylic acids is 1. The maximum absolute atomic E-state index is 11.7. The highest BCUT2D eigenvalue weighted by Gasteiger charge is 2.39. The van der Waals surface area contributed by atoms with Crippen molar-refractivity contribution in [2.24, 2.45) is 10.7 Å². The molecule has 1 aromatic rings. The molecule has 0 aromatic heterocycles. The molecule has 84 valence electrons. The number of nitrogens with two attached hydrogens (primary N) is 1. The molecule has 1 atom stereocenters. The third-order valence-corrected chi connectivity index (χ3v) is 2.68. The largest absolute Gasteiger partial charge is 0.497 e. The highest BCUT2D eigenvalue weighted by Crippen LogP contribution is 2.29. The van der Waals surface area contributed by atoms with E-state index in [1.165, 1.54) is 0 Å². The Balaban J connectivity index is 2.40. The van der Waals surface area contributed by atoms with Gasteiger partial charge >= 0.3 is 0 Å². The lowest BCUT2D eigenvalue weighted by molar-refractivity contribution is -0.123. The minimum Gasteiger partial charge on any atom is -0.497 e. The summed E-state index contributed by atoms with van der Waals surface area (Å²) in [7, 11) is 1.59. The van der Waals surface area contributed by atoms with Gasteiger partial charge in [-0.15, -0.1) is 0 Å². The number of rotatable bonds is 2. The number of hydrogen-bond acceptors (Lipinski definition) is 4. The van der Waals surface area contributed by atoms with Gasteiger partial charge in [0.2, 0.25) is 0 Å². The van der Waals surface area contributed by atoms with Crippen LogP contribution in [0.3, 0.4) is 0 Å². The van der Waals surface area contributed by atoms with Crippen molar-refractivity contribution in [2.75, 3.05) is 7.11 Å². The van der Waals surface area contributed by atoms with Crippen LogP contribution in [0.25, 0.3) is 0 Å². The SMILES string of the molecule is COc1ccc(C2(C)N=C(N)NC2=O)cc1. The van der Waals surface area contributed by atoms with E-state index in [1.807, 2.05) is 0 Å². The first-order valence-electron chi connectivity index (χ1n) is 4.87. The first kappa shape index (κ1) is 10.5. The van der Waals surface area contributed by atoms with Gasteiger partial charge in [-0.05, 0) is 24.6 Å². The third-order valence-electron chi connectivity index (χ3n) is 2.68. The summed E-state index contributed by atoms with van der Waals surface area (Å²) < 4.78 is 5.05. The molecule has 0 saturated carbocycles. The lowest BCUT2D eigenvalue weighted by atomic mass is 9.92. The predicted octanol–water partition coefficient (Wildman–Crippen LogP) is 0.355. The molecular weight excluding hydrogens is 206 g/mol. The molecule has 1 aromatic carbocycles. The molecule has 5 heteroatoms. The fourth-order valence-corrected chi connectivity index (χ4v) is 1.67. The van der Waals surface area contributed by atoms with Gasteiger partial charge in [0.15, 0.2) is 11.5 Å². The predicted molar refractivity (Wildman–Crippen MR) is 60.1 cm³/mol. The first-order valence-corrected chi connectivity index (χ1v) is 4.87. The maximum Gasteiger partial charge on any atom is 0.259 e. The summed E-state index contributed by atoms with van der Waals surface area (Å²) in [6, 6.07) is 7.19. The Labute approximate surface area is 93.3 Å². The number of methoxy groups -OCH3 is 1. The zero-order valence-electron chi connectivity index (χ0n) is 9.15. The fourth-order valence-electron chi connectivity index (χ4n) is 1.67. The van der Waals surface area contributed by atoms with Gasteiger partial charge in [-0.1, -0.05) is 12.1 Å². The summed E-state index contributed by atoms with van der Waals surface area (Å²) in [5.74, 6) is 0.682. The zero-order valence-corrected chi connectivity index (χ0v) is 9.15. The Morgan fingerprint density at radius 1 is 1.38 bits per heavy atom. The quantitative estimate of drug-likeness (QED) is 0.753. The van der Waals surface area contributed by atoms with E-state index in [9.17, 15) is 4.79 Å². The molecule has 0 bridgehead atoms. The van der Waals surface area contributed by atoms with Crippen molar-refractivity contribution in [1.82, 2.24) is 5.32 Å².